The quantitative estimate of drug-likeness (QED) is 0.826. The second-order valence-electron chi connectivity index (χ2n) is 4.06. The lowest BCUT2D eigenvalue weighted by atomic mass is 10.3. The molecule has 15 heavy (non-hydrogen) atoms. The minimum absolute atomic E-state index is 0.0500. The second kappa shape index (κ2) is 3.90. The van der Waals surface area contributed by atoms with E-state index < -0.39 is 6.10 Å². The lowest BCUT2D eigenvalue weighted by Crippen LogP contribution is -2.14. The molecule has 1 saturated carbocycles. The number of nitrogens with one attached hydrogen (secondary N) is 1. The Balaban J connectivity index is 1.96. The van der Waals surface area contributed by atoms with Gasteiger partial charge in [-0.15, -0.1) is 11.3 Å². The topological polar surface area (TPSA) is 62.2 Å². The van der Waals surface area contributed by atoms with Crippen LogP contribution in [0.3, 0.4) is 0 Å². The highest BCUT2D eigenvalue weighted by Gasteiger charge is 2.39. The van der Waals surface area contributed by atoms with Crippen LogP contribution in [0.5, 0.6) is 0 Å². The molecule has 1 amide bonds. The van der Waals surface area contributed by atoms with Gasteiger partial charge >= 0.3 is 0 Å². The van der Waals surface area contributed by atoms with E-state index in [0.29, 0.717) is 16.7 Å². The third-order valence-electron chi connectivity index (χ3n) is 2.63. The molecule has 2 N–H and O–H groups in total. The largest absolute Gasteiger partial charge is 0.387 e. The fourth-order valence-electron chi connectivity index (χ4n) is 1.42. The number of aliphatic hydroxyl groups excluding tert-OH is 1. The fraction of sp³-hybridized carbons (Fsp3) is 0.600. The van der Waals surface area contributed by atoms with Crippen molar-refractivity contribution in [1.82, 2.24) is 4.98 Å². The van der Waals surface area contributed by atoms with Crippen LogP contribution in [0.25, 0.3) is 0 Å². The zero-order chi connectivity index (χ0) is 11.0. The highest BCUT2D eigenvalue weighted by molar-refractivity contribution is 7.13. The van der Waals surface area contributed by atoms with Crippen molar-refractivity contribution < 1.29 is 9.90 Å². The number of carbonyl (C=O) groups is 1. The molecule has 0 spiro atoms. The number of aromatic nitrogens is 1. The van der Waals surface area contributed by atoms with Gasteiger partial charge < -0.3 is 10.4 Å². The SMILES string of the molecule is CC(O)c1csc(NC(=O)C2CC2C)n1. The Labute approximate surface area is 92.3 Å². The lowest BCUT2D eigenvalue weighted by molar-refractivity contribution is -0.117. The Kier molecular flexibility index (Phi) is 2.75. The minimum atomic E-state index is -0.577. The standard InChI is InChI=1S/C10H14N2O2S/c1-5-3-7(5)9(14)12-10-11-8(4-15-10)6(2)13/h4-7,13H,3H2,1-2H3,(H,11,12,14). The average Bonchev–Trinajstić information content (AvgIpc) is 2.73. The Hall–Kier alpha value is -0.940. The molecule has 1 aromatic heterocycles. The van der Waals surface area contributed by atoms with E-state index in [0.717, 1.165) is 6.42 Å². The van der Waals surface area contributed by atoms with Gasteiger partial charge in [0.05, 0.1) is 11.8 Å². The molecule has 3 unspecified atom stereocenters. The van der Waals surface area contributed by atoms with Crippen LogP contribution in [-0.4, -0.2) is 16.0 Å². The number of hydrogen-bond donors (Lipinski definition) is 2. The molecule has 0 bridgehead atoms. The van der Waals surface area contributed by atoms with Crippen LogP contribution in [-0.2, 0) is 4.79 Å². The average molecular weight is 226 g/mol. The van der Waals surface area contributed by atoms with Gasteiger partial charge in [0.25, 0.3) is 0 Å². The van der Waals surface area contributed by atoms with Crippen LogP contribution in [0.1, 0.15) is 32.1 Å². The molecule has 1 heterocycles. The number of amides is 1. The van der Waals surface area contributed by atoms with Crippen molar-refractivity contribution in [3.8, 4) is 0 Å². The van der Waals surface area contributed by atoms with E-state index in [2.05, 4.69) is 17.2 Å². The zero-order valence-corrected chi connectivity index (χ0v) is 9.54. The highest BCUT2D eigenvalue weighted by atomic mass is 32.1. The molecule has 0 saturated heterocycles. The van der Waals surface area contributed by atoms with Crippen molar-refractivity contribution in [3.05, 3.63) is 11.1 Å². The summed E-state index contributed by atoms with van der Waals surface area (Å²) in [6.07, 6.45) is 0.396. The van der Waals surface area contributed by atoms with Crippen LogP contribution in [0.4, 0.5) is 5.13 Å². The molecule has 0 aromatic carbocycles. The van der Waals surface area contributed by atoms with Gasteiger partial charge in [0.2, 0.25) is 5.91 Å². The number of thiazole rings is 1. The molecule has 0 radical (unpaired) electrons. The Bertz CT molecular complexity index is 375. The number of nitrogens with zero attached hydrogens (tertiary/aromatic N) is 1. The van der Waals surface area contributed by atoms with E-state index in [-0.39, 0.29) is 11.8 Å². The number of carbonyl (C=O) groups excluding carboxylic acids is 1. The highest BCUT2D eigenvalue weighted by Crippen LogP contribution is 2.38. The second-order valence-corrected chi connectivity index (χ2v) is 4.92. The molecule has 3 atom stereocenters. The summed E-state index contributed by atoms with van der Waals surface area (Å²) < 4.78 is 0. The summed E-state index contributed by atoms with van der Waals surface area (Å²) in [5.41, 5.74) is 0.610. The van der Waals surface area contributed by atoms with Crippen LogP contribution >= 0.6 is 11.3 Å². The summed E-state index contributed by atoms with van der Waals surface area (Å²) in [4.78, 5) is 15.7. The molecular weight excluding hydrogens is 212 g/mol. The van der Waals surface area contributed by atoms with E-state index in [4.69, 9.17) is 0 Å². The Morgan fingerprint density at radius 1 is 1.80 bits per heavy atom. The maximum atomic E-state index is 11.6. The van der Waals surface area contributed by atoms with E-state index in [1.807, 2.05) is 0 Å². The van der Waals surface area contributed by atoms with Crippen molar-refractivity contribution >= 4 is 22.4 Å². The summed E-state index contributed by atoms with van der Waals surface area (Å²) in [5.74, 6) is 0.707. The van der Waals surface area contributed by atoms with Crippen molar-refractivity contribution in [2.45, 2.75) is 26.4 Å². The fourth-order valence-corrected chi connectivity index (χ4v) is 2.22. The molecule has 4 nitrogen and oxygen atoms in total. The summed E-state index contributed by atoms with van der Waals surface area (Å²) in [5, 5.41) is 14.4. The number of aliphatic hydroxyl groups is 1. The van der Waals surface area contributed by atoms with Gasteiger partial charge in [-0.05, 0) is 19.3 Å². The molecule has 1 aliphatic rings. The summed E-state index contributed by atoms with van der Waals surface area (Å²) >= 11 is 1.35. The van der Waals surface area contributed by atoms with Crippen molar-refractivity contribution in [2.75, 3.05) is 5.32 Å². The monoisotopic (exact) mass is 226 g/mol. The first kappa shape index (κ1) is 10.6. The zero-order valence-electron chi connectivity index (χ0n) is 8.73. The van der Waals surface area contributed by atoms with Crippen molar-refractivity contribution in [3.63, 3.8) is 0 Å². The van der Waals surface area contributed by atoms with Crippen LogP contribution in [0.2, 0.25) is 0 Å². The first-order valence-electron chi connectivity index (χ1n) is 5.02. The third kappa shape index (κ3) is 2.35. The number of anilines is 1. The number of hydrogen-bond acceptors (Lipinski definition) is 4. The molecule has 1 aromatic rings. The predicted octanol–water partition coefficient (Wildman–Crippen LogP) is 1.79. The van der Waals surface area contributed by atoms with Gasteiger partial charge in [0.1, 0.15) is 0 Å². The summed E-state index contributed by atoms with van der Waals surface area (Å²) in [7, 11) is 0. The Morgan fingerprint density at radius 3 is 2.93 bits per heavy atom. The predicted molar refractivity (Wildman–Crippen MR) is 58.6 cm³/mol. The van der Waals surface area contributed by atoms with Gasteiger partial charge in [-0.3, -0.25) is 4.79 Å². The maximum absolute atomic E-state index is 11.6. The molecule has 5 heteroatoms. The minimum Gasteiger partial charge on any atom is -0.387 e. The number of rotatable bonds is 3. The van der Waals surface area contributed by atoms with E-state index in [1.54, 1.807) is 12.3 Å². The Morgan fingerprint density at radius 2 is 2.47 bits per heavy atom. The molecule has 1 fully saturated rings. The van der Waals surface area contributed by atoms with Gasteiger partial charge in [-0.1, -0.05) is 6.92 Å². The van der Waals surface area contributed by atoms with E-state index >= 15 is 0 Å². The first-order chi connectivity index (χ1) is 7.08. The maximum Gasteiger partial charge on any atom is 0.229 e. The van der Waals surface area contributed by atoms with Crippen LogP contribution in [0.15, 0.2) is 5.38 Å². The summed E-state index contributed by atoms with van der Waals surface area (Å²) in [6.45, 7) is 3.72. The van der Waals surface area contributed by atoms with Gasteiger partial charge in [0, 0.05) is 11.3 Å². The molecule has 1 aliphatic carbocycles. The summed E-state index contributed by atoms with van der Waals surface area (Å²) in [6, 6.07) is 0. The molecule has 0 aliphatic heterocycles. The molecule has 2 rings (SSSR count). The van der Waals surface area contributed by atoms with Crippen molar-refractivity contribution in [1.29, 1.82) is 0 Å². The normalized spacial score (nSPS) is 26.1. The van der Waals surface area contributed by atoms with E-state index in [1.165, 1.54) is 11.3 Å². The lowest BCUT2D eigenvalue weighted by Gasteiger charge is -1.99. The van der Waals surface area contributed by atoms with Gasteiger partial charge in [-0.25, -0.2) is 4.98 Å². The third-order valence-corrected chi connectivity index (χ3v) is 3.40. The smallest absolute Gasteiger partial charge is 0.229 e. The van der Waals surface area contributed by atoms with Crippen molar-refractivity contribution in [2.24, 2.45) is 11.8 Å². The van der Waals surface area contributed by atoms with Gasteiger partial charge in [-0.2, -0.15) is 0 Å². The molecular formula is C10H14N2O2S. The van der Waals surface area contributed by atoms with Gasteiger partial charge in [0.15, 0.2) is 5.13 Å². The van der Waals surface area contributed by atoms with E-state index in [9.17, 15) is 9.90 Å². The van der Waals surface area contributed by atoms with Crippen LogP contribution in [0, 0.1) is 11.8 Å². The molecule has 82 valence electrons. The first-order valence-corrected chi connectivity index (χ1v) is 5.90. The van der Waals surface area contributed by atoms with Crippen LogP contribution < -0.4 is 5.32 Å².